The normalized spacial score (nSPS) is 16.3. The van der Waals surface area contributed by atoms with Crippen LogP contribution >= 0.6 is 0 Å². The van der Waals surface area contributed by atoms with Gasteiger partial charge in [0.15, 0.2) is 0 Å². The van der Waals surface area contributed by atoms with Crippen LogP contribution in [0.15, 0.2) is 0 Å². The lowest BCUT2D eigenvalue weighted by Crippen LogP contribution is -2.49. The lowest BCUT2D eigenvalue weighted by atomic mass is 9.85. The van der Waals surface area contributed by atoms with Crippen LogP contribution in [0.4, 0.5) is 0 Å². The predicted octanol–water partition coefficient (Wildman–Crippen LogP) is -3.47. The molecule has 0 rings (SSSR count). The summed E-state index contributed by atoms with van der Waals surface area (Å²) in [7, 11) is -8.69. The summed E-state index contributed by atoms with van der Waals surface area (Å²) in [4.78, 5) is 0. The van der Waals surface area contributed by atoms with Gasteiger partial charge in [0.05, 0.1) is 37.1 Å². The summed E-state index contributed by atoms with van der Waals surface area (Å²) >= 11 is 0. The average molecular weight is 427 g/mol. The lowest BCUT2D eigenvalue weighted by Gasteiger charge is -2.33. The van der Waals surface area contributed by atoms with Crippen molar-refractivity contribution in [2.45, 2.75) is 29.8 Å². The zero-order chi connectivity index (χ0) is 21.2. The van der Waals surface area contributed by atoms with Crippen molar-refractivity contribution in [3.05, 3.63) is 0 Å². The van der Waals surface area contributed by atoms with Gasteiger partial charge in [0.25, 0.3) is 20.2 Å². The first-order valence-corrected chi connectivity index (χ1v) is 10.5. The molecule has 0 spiro atoms. The Morgan fingerprint density at radius 2 is 1.27 bits per heavy atom. The van der Waals surface area contributed by atoms with Crippen molar-refractivity contribution < 1.29 is 46.4 Å². The Morgan fingerprint density at radius 3 is 1.42 bits per heavy atom. The van der Waals surface area contributed by atoms with E-state index in [-0.39, 0.29) is 25.9 Å². The van der Waals surface area contributed by atoms with Crippen LogP contribution < -0.4 is 11.5 Å². The fraction of sp³-hybridized carbons (Fsp3) is 1.00. The highest BCUT2D eigenvalue weighted by Gasteiger charge is 2.44. The van der Waals surface area contributed by atoms with E-state index in [2.05, 4.69) is 0 Å². The van der Waals surface area contributed by atoms with Gasteiger partial charge in [-0.3, -0.25) is 9.11 Å². The molecule has 0 aromatic rings. The van der Waals surface area contributed by atoms with E-state index in [0.717, 1.165) is 0 Å². The highest BCUT2D eigenvalue weighted by atomic mass is 32.2. The largest absolute Gasteiger partial charge is 0.396 e. The Hall–Kier alpha value is -0.420. The van der Waals surface area contributed by atoms with E-state index in [9.17, 15) is 16.8 Å². The van der Waals surface area contributed by atoms with Crippen molar-refractivity contribution >= 4 is 20.2 Å². The maximum Gasteiger partial charge on any atom is 0.272 e. The lowest BCUT2D eigenvalue weighted by molar-refractivity contribution is -0.000240. The van der Waals surface area contributed by atoms with E-state index in [4.69, 9.17) is 41.0 Å². The fourth-order valence-electron chi connectivity index (χ4n) is 1.97. The minimum absolute atomic E-state index is 0.0440. The van der Waals surface area contributed by atoms with Crippen molar-refractivity contribution in [2.24, 2.45) is 16.9 Å². The van der Waals surface area contributed by atoms with Crippen molar-refractivity contribution in [3.8, 4) is 0 Å². The van der Waals surface area contributed by atoms with Crippen molar-refractivity contribution in [1.29, 1.82) is 0 Å². The molecule has 0 aliphatic carbocycles. The van der Waals surface area contributed by atoms with E-state index in [1.54, 1.807) is 0 Å². The van der Waals surface area contributed by atoms with Crippen molar-refractivity contribution in [3.63, 3.8) is 0 Å². The minimum Gasteiger partial charge on any atom is -0.396 e. The molecule has 0 aromatic carbocycles. The number of nitrogens with two attached hydrogens (primary N) is 2. The molecule has 14 heteroatoms. The molecule has 0 amide bonds. The third-order valence-electron chi connectivity index (χ3n) is 4.05. The molecule has 2 unspecified atom stereocenters. The maximum absolute atomic E-state index is 11.0. The molecule has 0 saturated carbocycles. The number of rotatable bonds is 11. The van der Waals surface area contributed by atoms with Crippen LogP contribution in [0.1, 0.15) is 19.8 Å². The van der Waals surface area contributed by atoms with Gasteiger partial charge in [-0.2, -0.15) is 16.8 Å². The van der Waals surface area contributed by atoms with Crippen LogP contribution in [-0.4, -0.2) is 95.9 Å². The van der Waals surface area contributed by atoms with E-state index in [0.29, 0.717) is 0 Å². The third kappa shape index (κ3) is 7.67. The molecular formula is C12H30N2O10S2. The minimum atomic E-state index is -4.48. The molecule has 160 valence electrons. The fourth-order valence-corrected chi connectivity index (χ4v) is 3.80. The third-order valence-corrected chi connectivity index (χ3v) is 7.08. The maximum atomic E-state index is 11.0. The molecule has 0 aliphatic rings. The van der Waals surface area contributed by atoms with Gasteiger partial charge in [-0.1, -0.05) is 0 Å². The topological polar surface area (TPSA) is 242 Å². The molecule has 0 fully saturated rings. The summed E-state index contributed by atoms with van der Waals surface area (Å²) in [5, 5.41) is 34.2. The summed E-state index contributed by atoms with van der Waals surface area (Å²) in [6, 6.07) is 0. The first-order chi connectivity index (χ1) is 11.7. The van der Waals surface area contributed by atoms with Crippen LogP contribution in [0.2, 0.25) is 0 Å². The Balaban J connectivity index is 0. The van der Waals surface area contributed by atoms with Crippen LogP contribution in [-0.2, 0) is 20.2 Å². The van der Waals surface area contributed by atoms with E-state index < -0.39 is 62.1 Å². The Bertz CT molecular complexity index is 583. The standard InChI is InChI=1S/C7H17NO6S.C5H13NO4S/c8-2-1-6(15(12,13)14)7(3-9,4-10)5-11;1-5(4-7,2-3-6)11(8,9)10/h6,9-11H,1-5,8H2,(H,12,13,14);7H,2-4,6H2,1H3,(H,8,9,10). The summed E-state index contributed by atoms with van der Waals surface area (Å²) in [6.45, 7) is -1.60. The molecule has 0 aliphatic heterocycles. The first-order valence-electron chi connectivity index (χ1n) is 7.52. The van der Waals surface area contributed by atoms with Gasteiger partial charge < -0.3 is 31.9 Å². The molecule has 0 aromatic heterocycles. The van der Waals surface area contributed by atoms with E-state index in [1.807, 2.05) is 0 Å². The Morgan fingerprint density at radius 1 is 0.846 bits per heavy atom. The zero-order valence-corrected chi connectivity index (χ0v) is 16.2. The second kappa shape index (κ2) is 11.4. The van der Waals surface area contributed by atoms with E-state index >= 15 is 0 Å². The average Bonchev–Trinajstić information content (AvgIpc) is 2.54. The molecule has 10 N–H and O–H groups in total. The smallest absolute Gasteiger partial charge is 0.272 e. The summed E-state index contributed by atoms with van der Waals surface area (Å²) in [5.41, 5.74) is 8.59. The van der Waals surface area contributed by atoms with Crippen LogP contribution in [0, 0.1) is 5.41 Å². The Kier molecular flexibility index (Phi) is 12.2. The number of hydrogen-bond acceptors (Lipinski definition) is 10. The van der Waals surface area contributed by atoms with Gasteiger partial charge in [-0.25, -0.2) is 0 Å². The van der Waals surface area contributed by atoms with Crippen molar-refractivity contribution in [1.82, 2.24) is 0 Å². The summed E-state index contributed by atoms with van der Waals surface area (Å²) in [5.74, 6) is 0. The molecular weight excluding hydrogens is 396 g/mol. The Labute approximate surface area is 153 Å². The molecule has 0 bridgehead atoms. The highest BCUT2D eigenvalue weighted by Crippen LogP contribution is 2.28. The van der Waals surface area contributed by atoms with Gasteiger partial charge in [0.1, 0.15) is 4.75 Å². The molecule has 0 radical (unpaired) electrons. The number of hydrogen-bond donors (Lipinski definition) is 8. The number of aliphatic hydroxyl groups is 4. The summed E-state index contributed by atoms with van der Waals surface area (Å²) in [6.07, 6.45) is -0.108. The van der Waals surface area contributed by atoms with Gasteiger partial charge in [0.2, 0.25) is 0 Å². The van der Waals surface area contributed by atoms with Crippen LogP contribution in [0.3, 0.4) is 0 Å². The van der Waals surface area contributed by atoms with Crippen LogP contribution in [0.5, 0.6) is 0 Å². The quantitative estimate of drug-likeness (QED) is 0.150. The molecule has 2 atom stereocenters. The molecule has 0 saturated heterocycles. The monoisotopic (exact) mass is 426 g/mol. The van der Waals surface area contributed by atoms with Crippen LogP contribution in [0.25, 0.3) is 0 Å². The van der Waals surface area contributed by atoms with Gasteiger partial charge in [0, 0.05) is 0 Å². The SMILES string of the molecule is CC(CO)(CCN)S(=O)(=O)O.NCCC(C(CO)(CO)CO)S(=O)(=O)O. The number of aliphatic hydroxyl groups excluding tert-OH is 4. The molecule has 26 heavy (non-hydrogen) atoms. The summed E-state index contributed by atoms with van der Waals surface area (Å²) < 4.78 is 59.3. The van der Waals surface area contributed by atoms with Gasteiger partial charge in [-0.15, -0.1) is 0 Å². The molecule has 0 heterocycles. The second-order valence-electron chi connectivity index (χ2n) is 6.04. The molecule has 12 nitrogen and oxygen atoms in total. The second-order valence-corrected chi connectivity index (χ2v) is 9.57. The van der Waals surface area contributed by atoms with E-state index in [1.165, 1.54) is 6.92 Å². The van der Waals surface area contributed by atoms with Gasteiger partial charge in [-0.05, 0) is 32.9 Å². The predicted molar refractivity (Wildman–Crippen MR) is 93.4 cm³/mol. The van der Waals surface area contributed by atoms with Crippen molar-refractivity contribution in [2.75, 3.05) is 39.5 Å². The van der Waals surface area contributed by atoms with Gasteiger partial charge >= 0.3 is 0 Å². The highest BCUT2D eigenvalue weighted by molar-refractivity contribution is 7.87. The first kappa shape index (κ1) is 27.8. The zero-order valence-electron chi connectivity index (χ0n) is 14.5.